The zero-order valence-corrected chi connectivity index (χ0v) is 16.1. The van der Waals surface area contributed by atoms with Crippen molar-refractivity contribution in [3.05, 3.63) is 50.5 Å². The number of aromatic nitrogens is 2. The van der Waals surface area contributed by atoms with Crippen molar-refractivity contribution in [2.45, 2.75) is 20.8 Å². The van der Waals surface area contributed by atoms with Crippen LogP contribution in [0.25, 0.3) is 5.69 Å². The number of H-pyrrole nitrogens is 1. The number of hydrogen-bond donors (Lipinski definition) is 3. The standard InChI is InChI=1S/C18H25N5O2S/c1-4-22(5-2)11-10-19-20-12-15-16(24)21-18(26)23(17(15)25)14-8-6-13(3)7-9-14/h6-9,12,19,25H,4-5,10-11H2,1-3H3,(H,21,24,26). The Kier molecular flexibility index (Phi) is 7.11. The van der Waals surface area contributed by atoms with Crippen molar-refractivity contribution < 1.29 is 5.11 Å². The Bertz CT molecular complexity index is 867. The first kappa shape index (κ1) is 19.9. The van der Waals surface area contributed by atoms with Crippen LogP contribution in [0.15, 0.2) is 34.2 Å². The highest BCUT2D eigenvalue weighted by molar-refractivity contribution is 7.71. The maximum Gasteiger partial charge on any atom is 0.264 e. The van der Waals surface area contributed by atoms with Gasteiger partial charge in [0, 0.05) is 13.1 Å². The molecule has 0 saturated carbocycles. The van der Waals surface area contributed by atoms with Crippen LogP contribution in [0.1, 0.15) is 25.0 Å². The molecule has 0 spiro atoms. The second-order valence-electron chi connectivity index (χ2n) is 5.86. The van der Waals surface area contributed by atoms with Crippen LogP contribution in [0.3, 0.4) is 0 Å². The van der Waals surface area contributed by atoms with Gasteiger partial charge in [-0.05, 0) is 44.4 Å². The number of hydrogen-bond acceptors (Lipinski definition) is 6. The van der Waals surface area contributed by atoms with Gasteiger partial charge >= 0.3 is 0 Å². The summed E-state index contributed by atoms with van der Waals surface area (Å²) < 4.78 is 1.54. The maximum atomic E-state index is 12.1. The number of aromatic amines is 1. The molecular formula is C18H25N5O2S. The van der Waals surface area contributed by atoms with Crippen LogP contribution in [0.2, 0.25) is 0 Å². The van der Waals surface area contributed by atoms with Crippen LogP contribution in [-0.2, 0) is 0 Å². The Morgan fingerprint density at radius 1 is 1.31 bits per heavy atom. The number of aromatic hydroxyl groups is 1. The average molecular weight is 375 g/mol. The third-order valence-corrected chi connectivity index (χ3v) is 4.42. The fourth-order valence-electron chi connectivity index (χ4n) is 2.51. The number of hydrazone groups is 1. The van der Waals surface area contributed by atoms with E-state index < -0.39 is 5.56 Å². The van der Waals surface area contributed by atoms with Gasteiger partial charge in [-0.2, -0.15) is 5.10 Å². The summed E-state index contributed by atoms with van der Waals surface area (Å²) in [5.41, 5.74) is 4.22. The van der Waals surface area contributed by atoms with Crippen LogP contribution >= 0.6 is 12.2 Å². The summed E-state index contributed by atoms with van der Waals surface area (Å²) in [5, 5.41) is 14.6. The summed E-state index contributed by atoms with van der Waals surface area (Å²) in [4.78, 5) is 17.0. The Labute approximate surface area is 158 Å². The van der Waals surface area contributed by atoms with E-state index in [0.29, 0.717) is 12.2 Å². The van der Waals surface area contributed by atoms with E-state index in [-0.39, 0.29) is 16.2 Å². The SMILES string of the molecule is CCN(CC)CCNN=Cc1c(O)n(-c2ccc(C)cc2)c(=S)[nH]c1=O. The zero-order chi connectivity index (χ0) is 19.1. The summed E-state index contributed by atoms with van der Waals surface area (Å²) in [7, 11) is 0. The van der Waals surface area contributed by atoms with Crippen molar-refractivity contribution in [2.24, 2.45) is 5.10 Å². The molecule has 8 heteroatoms. The van der Waals surface area contributed by atoms with Gasteiger partial charge in [0.15, 0.2) is 4.77 Å². The number of aryl methyl sites for hydroxylation is 1. The normalized spacial score (nSPS) is 11.4. The van der Waals surface area contributed by atoms with Crippen LogP contribution < -0.4 is 11.0 Å². The molecule has 2 aromatic rings. The molecule has 0 fully saturated rings. The summed E-state index contributed by atoms with van der Waals surface area (Å²) >= 11 is 5.19. The van der Waals surface area contributed by atoms with Crippen molar-refractivity contribution in [1.82, 2.24) is 19.9 Å². The minimum absolute atomic E-state index is 0.0505. The molecule has 7 nitrogen and oxygen atoms in total. The molecule has 1 aromatic carbocycles. The molecule has 26 heavy (non-hydrogen) atoms. The summed E-state index contributed by atoms with van der Waals surface area (Å²) in [6.45, 7) is 9.61. The van der Waals surface area contributed by atoms with Gasteiger partial charge in [0.2, 0.25) is 5.88 Å². The first-order chi connectivity index (χ1) is 12.5. The van der Waals surface area contributed by atoms with E-state index in [2.05, 4.69) is 34.3 Å². The summed E-state index contributed by atoms with van der Waals surface area (Å²) in [5.74, 6) is -0.239. The number of rotatable bonds is 8. The Morgan fingerprint density at radius 3 is 2.58 bits per heavy atom. The Hall–Kier alpha value is -2.45. The fourth-order valence-corrected chi connectivity index (χ4v) is 2.80. The Morgan fingerprint density at radius 2 is 1.96 bits per heavy atom. The molecule has 0 aliphatic carbocycles. The van der Waals surface area contributed by atoms with Gasteiger partial charge in [-0.25, -0.2) is 0 Å². The number of benzene rings is 1. The van der Waals surface area contributed by atoms with Crippen LogP contribution in [-0.4, -0.2) is 52.0 Å². The highest BCUT2D eigenvalue weighted by Gasteiger charge is 2.12. The van der Waals surface area contributed by atoms with Crippen LogP contribution in [0, 0.1) is 11.7 Å². The van der Waals surface area contributed by atoms with Gasteiger partial charge in [0.05, 0.1) is 11.9 Å². The second kappa shape index (κ2) is 9.30. The van der Waals surface area contributed by atoms with Gasteiger partial charge < -0.3 is 15.4 Å². The molecule has 0 atom stereocenters. The lowest BCUT2D eigenvalue weighted by Gasteiger charge is -2.17. The molecule has 1 heterocycles. The van der Waals surface area contributed by atoms with E-state index in [0.717, 1.165) is 25.2 Å². The van der Waals surface area contributed by atoms with E-state index in [1.165, 1.54) is 10.8 Å². The topological polar surface area (TPSA) is 85.7 Å². The smallest absolute Gasteiger partial charge is 0.264 e. The largest absolute Gasteiger partial charge is 0.494 e. The van der Waals surface area contributed by atoms with Gasteiger partial charge in [0.1, 0.15) is 5.56 Å². The van der Waals surface area contributed by atoms with Crippen molar-refractivity contribution in [3.8, 4) is 11.6 Å². The predicted octanol–water partition coefficient (Wildman–Crippen LogP) is 2.17. The lowest BCUT2D eigenvalue weighted by Crippen LogP contribution is -2.30. The fraction of sp³-hybridized carbons (Fsp3) is 0.389. The third-order valence-electron chi connectivity index (χ3n) is 4.13. The molecule has 0 radical (unpaired) electrons. The number of nitrogens with zero attached hydrogens (tertiary/aromatic N) is 3. The van der Waals surface area contributed by atoms with E-state index in [1.807, 2.05) is 31.2 Å². The molecule has 1 aromatic heterocycles. The van der Waals surface area contributed by atoms with Crippen LogP contribution in [0.5, 0.6) is 5.88 Å². The summed E-state index contributed by atoms with van der Waals surface area (Å²) in [6, 6.07) is 7.47. The predicted molar refractivity (Wildman–Crippen MR) is 107 cm³/mol. The molecule has 0 bridgehead atoms. The van der Waals surface area contributed by atoms with E-state index in [4.69, 9.17) is 12.2 Å². The molecule has 0 aliphatic heterocycles. The van der Waals surface area contributed by atoms with Crippen molar-refractivity contribution in [3.63, 3.8) is 0 Å². The summed E-state index contributed by atoms with van der Waals surface area (Å²) in [6.07, 6.45) is 1.32. The Balaban J connectivity index is 2.23. The van der Waals surface area contributed by atoms with Gasteiger partial charge in [0.25, 0.3) is 5.56 Å². The maximum absolute atomic E-state index is 12.1. The molecule has 0 aliphatic rings. The first-order valence-corrected chi connectivity index (χ1v) is 9.02. The van der Waals surface area contributed by atoms with E-state index >= 15 is 0 Å². The van der Waals surface area contributed by atoms with Crippen molar-refractivity contribution in [2.75, 3.05) is 26.2 Å². The lowest BCUT2D eigenvalue weighted by atomic mass is 10.2. The highest BCUT2D eigenvalue weighted by Crippen LogP contribution is 2.18. The van der Waals surface area contributed by atoms with Crippen molar-refractivity contribution >= 4 is 18.4 Å². The van der Waals surface area contributed by atoms with Gasteiger partial charge in [-0.1, -0.05) is 31.5 Å². The number of likely N-dealkylation sites (N-methyl/N-ethyl adjacent to an activating group) is 1. The van der Waals surface area contributed by atoms with Gasteiger partial charge in [-0.3, -0.25) is 14.3 Å². The number of nitrogens with one attached hydrogen (secondary N) is 2. The molecule has 140 valence electrons. The molecule has 2 rings (SSSR count). The molecule has 3 N–H and O–H groups in total. The first-order valence-electron chi connectivity index (χ1n) is 8.61. The van der Waals surface area contributed by atoms with E-state index in [9.17, 15) is 9.90 Å². The molecule has 0 unspecified atom stereocenters. The van der Waals surface area contributed by atoms with E-state index in [1.54, 1.807) is 0 Å². The van der Waals surface area contributed by atoms with Crippen molar-refractivity contribution in [1.29, 1.82) is 0 Å². The lowest BCUT2D eigenvalue weighted by molar-refractivity contribution is 0.303. The quantitative estimate of drug-likeness (QED) is 0.285. The minimum Gasteiger partial charge on any atom is -0.494 e. The average Bonchev–Trinajstić information content (AvgIpc) is 2.62. The molecular weight excluding hydrogens is 350 g/mol. The van der Waals surface area contributed by atoms with Crippen LogP contribution in [0.4, 0.5) is 0 Å². The molecule has 0 amide bonds. The van der Waals surface area contributed by atoms with Gasteiger partial charge in [-0.15, -0.1) is 0 Å². The molecule has 0 saturated heterocycles. The highest BCUT2D eigenvalue weighted by atomic mass is 32.1. The third kappa shape index (κ3) is 4.80. The second-order valence-corrected chi connectivity index (χ2v) is 6.25. The monoisotopic (exact) mass is 375 g/mol. The minimum atomic E-state index is -0.481. The zero-order valence-electron chi connectivity index (χ0n) is 15.3.